The van der Waals surface area contributed by atoms with Crippen molar-refractivity contribution >= 4 is 18.4 Å². The minimum Gasteiger partial charge on any atom is -0.469 e. The minimum absolute atomic E-state index is 0. The topological polar surface area (TPSA) is 52.3 Å². The molecule has 0 aromatic rings. The Kier molecular flexibility index (Phi) is 6.08. The van der Waals surface area contributed by atoms with E-state index >= 15 is 0 Å². The third-order valence-corrected chi connectivity index (χ3v) is 2.65. The molecule has 0 heterocycles. The Bertz CT molecular complexity index is 164. The van der Waals surface area contributed by atoms with Crippen LogP contribution in [0.3, 0.4) is 0 Å². The van der Waals surface area contributed by atoms with E-state index in [1.54, 1.807) is 0 Å². The number of hydrogen-bond acceptors (Lipinski definition) is 3. The SMILES string of the molecule is COC(=O)[C@H]1CCC[C@@H](CN)C1.Cl. The van der Waals surface area contributed by atoms with Crippen molar-refractivity contribution < 1.29 is 9.53 Å². The highest BCUT2D eigenvalue weighted by Crippen LogP contribution is 2.28. The van der Waals surface area contributed by atoms with Crippen molar-refractivity contribution in [3.63, 3.8) is 0 Å². The van der Waals surface area contributed by atoms with Crippen LogP contribution in [0.25, 0.3) is 0 Å². The number of carbonyl (C=O) groups excluding carboxylic acids is 1. The van der Waals surface area contributed by atoms with E-state index in [1.807, 2.05) is 0 Å². The average molecular weight is 208 g/mol. The molecular formula is C9H18ClNO2. The largest absolute Gasteiger partial charge is 0.469 e. The first-order valence-electron chi connectivity index (χ1n) is 4.55. The van der Waals surface area contributed by atoms with Gasteiger partial charge >= 0.3 is 5.97 Å². The number of hydrogen-bond donors (Lipinski definition) is 1. The van der Waals surface area contributed by atoms with Crippen LogP contribution in [0.5, 0.6) is 0 Å². The molecule has 0 aliphatic heterocycles. The van der Waals surface area contributed by atoms with Gasteiger partial charge in [0.25, 0.3) is 0 Å². The predicted octanol–water partition coefficient (Wildman–Crippen LogP) is 1.35. The number of rotatable bonds is 2. The van der Waals surface area contributed by atoms with Gasteiger partial charge in [0, 0.05) is 0 Å². The molecule has 1 aliphatic carbocycles. The van der Waals surface area contributed by atoms with Crippen molar-refractivity contribution in [2.75, 3.05) is 13.7 Å². The lowest BCUT2D eigenvalue weighted by Gasteiger charge is -2.26. The lowest BCUT2D eigenvalue weighted by molar-refractivity contribution is -0.147. The van der Waals surface area contributed by atoms with Crippen molar-refractivity contribution in [1.29, 1.82) is 0 Å². The number of esters is 1. The summed E-state index contributed by atoms with van der Waals surface area (Å²) in [6, 6.07) is 0. The van der Waals surface area contributed by atoms with Crippen molar-refractivity contribution in [3.8, 4) is 0 Å². The van der Waals surface area contributed by atoms with Crippen LogP contribution in [0.2, 0.25) is 0 Å². The molecule has 0 radical (unpaired) electrons. The van der Waals surface area contributed by atoms with Gasteiger partial charge in [-0.15, -0.1) is 12.4 Å². The highest BCUT2D eigenvalue weighted by molar-refractivity contribution is 5.85. The number of halogens is 1. The van der Waals surface area contributed by atoms with Crippen LogP contribution in [0.1, 0.15) is 25.7 Å². The molecule has 0 bridgehead atoms. The van der Waals surface area contributed by atoms with E-state index in [1.165, 1.54) is 13.5 Å². The van der Waals surface area contributed by atoms with Crippen molar-refractivity contribution in [3.05, 3.63) is 0 Å². The maximum absolute atomic E-state index is 11.2. The van der Waals surface area contributed by atoms with Gasteiger partial charge in [-0.05, 0) is 31.7 Å². The molecule has 0 unspecified atom stereocenters. The summed E-state index contributed by atoms with van der Waals surface area (Å²) in [7, 11) is 1.45. The summed E-state index contributed by atoms with van der Waals surface area (Å²) in [6.07, 6.45) is 4.18. The molecule has 0 aromatic carbocycles. The van der Waals surface area contributed by atoms with Crippen LogP contribution in [-0.2, 0) is 9.53 Å². The summed E-state index contributed by atoms with van der Waals surface area (Å²) in [5.74, 6) is 0.577. The maximum atomic E-state index is 11.2. The summed E-state index contributed by atoms with van der Waals surface area (Å²) < 4.78 is 4.70. The fraction of sp³-hybridized carbons (Fsp3) is 0.889. The highest BCUT2D eigenvalue weighted by Gasteiger charge is 2.26. The second-order valence-corrected chi connectivity index (χ2v) is 3.49. The number of carbonyl (C=O) groups is 1. The molecule has 0 spiro atoms. The molecule has 1 aliphatic rings. The first-order chi connectivity index (χ1) is 5.77. The third-order valence-electron chi connectivity index (χ3n) is 2.65. The fourth-order valence-corrected chi connectivity index (χ4v) is 1.89. The third kappa shape index (κ3) is 3.53. The van der Waals surface area contributed by atoms with E-state index in [2.05, 4.69) is 0 Å². The molecule has 2 N–H and O–H groups in total. The van der Waals surface area contributed by atoms with E-state index in [-0.39, 0.29) is 24.3 Å². The molecule has 1 fully saturated rings. The van der Waals surface area contributed by atoms with Crippen LogP contribution in [0.4, 0.5) is 0 Å². The van der Waals surface area contributed by atoms with Gasteiger partial charge in [0.05, 0.1) is 13.0 Å². The molecular weight excluding hydrogens is 190 g/mol. The van der Waals surface area contributed by atoms with Crippen molar-refractivity contribution in [1.82, 2.24) is 0 Å². The Morgan fingerprint density at radius 2 is 2.23 bits per heavy atom. The van der Waals surface area contributed by atoms with Gasteiger partial charge in [0.2, 0.25) is 0 Å². The second kappa shape index (κ2) is 6.22. The zero-order valence-corrected chi connectivity index (χ0v) is 8.81. The van der Waals surface area contributed by atoms with E-state index < -0.39 is 0 Å². The Morgan fingerprint density at radius 3 is 2.77 bits per heavy atom. The molecule has 1 rings (SSSR count). The van der Waals surface area contributed by atoms with Crippen molar-refractivity contribution in [2.24, 2.45) is 17.6 Å². The van der Waals surface area contributed by atoms with Crippen molar-refractivity contribution in [2.45, 2.75) is 25.7 Å². The molecule has 0 saturated heterocycles. The fourth-order valence-electron chi connectivity index (χ4n) is 1.89. The van der Waals surface area contributed by atoms with E-state index in [4.69, 9.17) is 10.5 Å². The van der Waals surface area contributed by atoms with Gasteiger partial charge in [0.15, 0.2) is 0 Å². The molecule has 3 nitrogen and oxygen atoms in total. The monoisotopic (exact) mass is 207 g/mol. The Balaban J connectivity index is 0.00000144. The predicted molar refractivity (Wildman–Crippen MR) is 53.8 cm³/mol. The summed E-state index contributed by atoms with van der Waals surface area (Å²) in [5.41, 5.74) is 5.55. The van der Waals surface area contributed by atoms with Crippen LogP contribution in [0, 0.1) is 11.8 Å². The summed E-state index contributed by atoms with van der Waals surface area (Å²) in [4.78, 5) is 11.2. The number of ether oxygens (including phenoxy) is 1. The molecule has 78 valence electrons. The molecule has 0 aromatic heterocycles. The average Bonchev–Trinajstić information content (AvgIpc) is 2.17. The standard InChI is InChI=1S/C9H17NO2.ClH/c1-12-9(11)8-4-2-3-7(5-8)6-10;/h7-8H,2-6,10H2,1H3;1H/t7-,8+;/m1./s1. The van der Waals surface area contributed by atoms with Gasteiger partial charge in [-0.25, -0.2) is 0 Å². The van der Waals surface area contributed by atoms with E-state index in [9.17, 15) is 4.79 Å². The van der Waals surface area contributed by atoms with E-state index in [0.717, 1.165) is 19.3 Å². The van der Waals surface area contributed by atoms with Crippen LogP contribution < -0.4 is 5.73 Å². The Labute approximate surface area is 85.4 Å². The maximum Gasteiger partial charge on any atom is 0.308 e. The Hall–Kier alpha value is -0.280. The van der Waals surface area contributed by atoms with Gasteiger partial charge in [0.1, 0.15) is 0 Å². The van der Waals surface area contributed by atoms with Crippen LogP contribution >= 0.6 is 12.4 Å². The number of nitrogens with two attached hydrogens (primary N) is 1. The minimum atomic E-state index is -0.0619. The highest BCUT2D eigenvalue weighted by atomic mass is 35.5. The summed E-state index contributed by atoms with van der Waals surface area (Å²) in [6.45, 7) is 0.702. The number of methoxy groups -OCH3 is 1. The molecule has 13 heavy (non-hydrogen) atoms. The lowest BCUT2D eigenvalue weighted by atomic mass is 9.81. The molecule has 0 amide bonds. The quantitative estimate of drug-likeness (QED) is 0.696. The van der Waals surface area contributed by atoms with Crippen LogP contribution in [0.15, 0.2) is 0 Å². The lowest BCUT2D eigenvalue weighted by Crippen LogP contribution is -2.27. The van der Waals surface area contributed by atoms with Gasteiger partial charge in [-0.3, -0.25) is 4.79 Å². The normalized spacial score (nSPS) is 27.5. The first-order valence-corrected chi connectivity index (χ1v) is 4.55. The summed E-state index contributed by atoms with van der Waals surface area (Å²) in [5, 5.41) is 0. The molecule has 4 heteroatoms. The second-order valence-electron chi connectivity index (χ2n) is 3.49. The smallest absolute Gasteiger partial charge is 0.308 e. The van der Waals surface area contributed by atoms with Gasteiger partial charge in [-0.1, -0.05) is 6.42 Å². The Morgan fingerprint density at radius 1 is 1.54 bits per heavy atom. The van der Waals surface area contributed by atoms with Crippen LogP contribution in [-0.4, -0.2) is 19.6 Å². The van der Waals surface area contributed by atoms with Gasteiger partial charge in [-0.2, -0.15) is 0 Å². The first kappa shape index (κ1) is 12.7. The van der Waals surface area contributed by atoms with Gasteiger partial charge < -0.3 is 10.5 Å². The zero-order valence-electron chi connectivity index (χ0n) is 7.99. The molecule has 1 saturated carbocycles. The summed E-state index contributed by atoms with van der Waals surface area (Å²) >= 11 is 0. The van der Waals surface area contributed by atoms with E-state index in [0.29, 0.717) is 12.5 Å². The molecule has 2 atom stereocenters. The zero-order chi connectivity index (χ0) is 8.97.